The second-order valence-electron chi connectivity index (χ2n) is 2.28. The molecule has 0 spiro atoms. The molecule has 0 aromatic rings. The summed E-state index contributed by atoms with van der Waals surface area (Å²) < 4.78 is 0. The van der Waals surface area contributed by atoms with Gasteiger partial charge in [0.1, 0.15) is 0 Å². The fraction of sp³-hybridized carbons (Fsp3) is 0. The van der Waals surface area contributed by atoms with Crippen LogP contribution in [0.2, 0.25) is 0 Å². The summed E-state index contributed by atoms with van der Waals surface area (Å²) in [6, 6.07) is -3.33. The van der Waals surface area contributed by atoms with Gasteiger partial charge in [-0.2, -0.15) is 0 Å². The molecule has 0 aliphatic carbocycles. The van der Waals surface area contributed by atoms with Gasteiger partial charge in [0.25, 0.3) is 0 Å². The number of nitrogens with zero attached hydrogens (tertiary/aromatic N) is 3. The van der Waals surface area contributed by atoms with E-state index in [1.807, 2.05) is 0 Å². The summed E-state index contributed by atoms with van der Waals surface area (Å²) in [5, 5.41) is 44.2. The van der Waals surface area contributed by atoms with Crippen molar-refractivity contribution >= 4 is 24.1 Å². The van der Waals surface area contributed by atoms with Gasteiger partial charge in [-0.3, -0.25) is 0 Å². The second kappa shape index (κ2) is 43.7. The van der Waals surface area contributed by atoms with Crippen LogP contribution >= 0.6 is 0 Å². The van der Waals surface area contributed by atoms with E-state index in [1.165, 1.54) is 0 Å². The molecule has 8 amide bonds. The average molecular weight is 471 g/mol. The molecule has 24 nitrogen and oxygen atoms in total. The molecule has 0 unspecified atom stereocenters. The van der Waals surface area contributed by atoms with E-state index in [0.29, 0.717) is 0 Å². The van der Waals surface area contributed by atoms with Gasteiger partial charge >= 0.3 is 50.0 Å². The van der Waals surface area contributed by atoms with Crippen LogP contribution in [0.5, 0.6) is 0 Å². The van der Waals surface area contributed by atoms with Crippen molar-refractivity contribution in [1.29, 1.82) is 0 Å². The maximum absolute atomic E-state index is 9.00. The molecule has 0 fully saturated rings. The number of primary amides is 8. The van der Waals surface area contributed by atoms with Gasteiger partial charge in [0.15, 0.2) is 0 Å². The molecular formula is C4H16N11O13Sc. The molecule has 0 saturated heterocycles. The van der Waals surface area contributed by atoms with E-state index in [4.69, 9.17) is 65.1 Å². The van der Waals surface area contributed by atoms with Crippen molar-refractivity contribution < 1.29 is 60.3 Å². The Bertz CT molecular complexity index is 326. The molecule has 0 radical (unpaired) electrons. The van der Waals surface area contributed by atoms with Crippen LogP contribution in [0.15, 0.2) is 0 Å². The molecule has 0 aliphatic heterocycles. The summed E-state index contributed by atoms with van der Waals surface area (Å²) in [5.74, 6) is 0. The molecule has 0 rings (SSSR count). The standard InChI is InChI=1S/4CH4N2O.3NO3.Sc/c7*2-1(3)4;/h4*(H4,2,3,4);;;;/q;;;;3*-1;+3. The van der Waals surface area contributed by atoms with E-state index >= 15 is 0 Å². The van der Waals surface area contributed by atoms with Crippen LogP contribution < -0.4 is 45.9 Å². The number of hydrogen-bond acceptors (Lipinski definition) is 13. The second-order valence-corrected chi connectivity index (χ2v) is 2.28. The molecule has 25 heteroatoms. The monoisotopic (exact) mass is 471 g/mol. The van der Waals surface area contributed by atoms with Crippen LogP contribution in [0.1, 0.15) is 0 Å². The minimum absolute atomic E-state index is 0. The summed E-state index contributed by atoms with van der Waals surface area (Å²) in [4.78, 5) is 60.8. The van der Waals surface area contributed by atoms with Crippen LogP contribution in [0, 0.1) is 46.0 Å². The first-order chi connectivity index (χ1) is 12.1. The Hall–Kier alpha value is -4.45. The molecule has 0 aromatic carbocycles. The Kier molecular flexibility index (Phi) is 74.9. The third-order valence-electron chi connectivity index (χ3n) is 0. The first-order valence-corrected chi connectivity index (χ1v) is 4.77. The average Bonchev–Trinajstić information content (AvgIpc) is 2.20. The number of hydrogen-bond donors (Lipinski definition) is 8. The van der Waals surface area contributed by atoms with Gasteiger partial charge in [-0.15, -0.1) is 0 Å². The zero-order chi connectivity index (χ0) is 25.0. The minimum atomic E-state index is -1.75. The Morgan fingerprint density at radius 2 is 0.414 bits per heavy atom. The van der Waals surface area contributed by atoms with Gasteiger partial charge in [0, 0.05) is 0 Å². The number of carbonyl (C=O) groups excluding carboxylic acids is 4. The predicted octanol–water partition coefficient (Wildman–Crippen LogP) is -4.62. The maximum atomic E-state index is 9.00. The van der Waals surface area contributed by atoms with Gasteiger partial charge < -0.3 is 91.8 Å². The molecule has 29 heavy (non-hydrogen) atoms. The maximum Gasteiger partial charge on any atom is 3.00 e. The van der Waals surface area contributed by atoms with Crippen LogP contribution in [0.4, 0.5) is 19.2 Å². The zero-order valence-electron chi connectivity index (χ0n) is 13.8. The van der Waals surface area contributed by atoms with Gasteiger partial charge in [0.05, 0.1) is 15.3 Å². The summed E-state index contributed by atoms with van der Waals surface area (Å²) in [6.45, 7) is 0. The van der Waals surface area contributed by atoms with Crippen molar-refractivity contribution in [3.63, 3.8) is 0 Å². The van der Waals surface area contributed by atoms with Crippen molar-refractivity contribution in [2.24, 2.45) is 45.9 Å². The Morgan fingerprint density at radius 3 is 0.414 bits per heavy atom. The van der Waals surface area contributed by atoms with Crippen molar-refractivity contribution in [3.05, 3.63) is 46.0 Å². The molecular weight excluding hydrogens is 455 g/mol. The Labute approximate surface area is 176 Å². The fourth-order valence-corrected chi connectivity index (χ4v) is 0. The minimum Gasteiger partial charge on any atom is -0.356 e. The van der Waals surface area contributed by atoms with Crippen LogP contribution in [-0.4, -0.2) is 39.4 Å². The van der Waals surface area contributed by atoms with E-state index < -0.39 is 39.4 Å². The van der Waals surface area contributed by atoms with E-state index in [9.17, 15) is 0 Å². The third kappa shape index (κ3) is 552. The van der Waals surface area contributed by atoms with E-state index in [-0.39, 0.29) is 25.8 Å². The van der Waals surface area contributed by atoms with Crippen molar-refractivity contribution in [1.82, 2.24) is 0 Å². The van der Waals surface area contributed by atoms with Crippen molar-refractivity contribution in [2.75, 3.05) is 0 Å². The van der Waals surface area contributed by atoms with Crippen molar-refractivity contribution in [3.8, 4) is 0 Å². The van der Waals surface area contributed by atoms with Crippen LogP contribution in [0.25, 0.3) is 0 Å². The molecule has 0 atom stereocenters. The SMILES string of the molecule is NC(N)=O.NC(N)=O.NC(N)=O.NC(N)=O.O=[N+]([O-])[O-].O=[N+]([O-])[O-].O=[N+]([O-])[O-].[Sc+3]. The number of amides is 8. The van der Waals surface area contributed by atoms with E-state index in [0.717, 1.165) is 0 Å². The number of rotatable bonds is 0. The smallest absolute Gasteiger partial charge is 0.356 e. The third-order valence-corrected chi connectivity index (χ3v) is 0. The summed E-state index contributed by atoms with van der Waals surface area (Å²) in [6.07, 6.45) is 0. The molecule has 0 bridgehead atoms. The topological polar surface area (TPSA) is 475 Å². The molecule has 168 valence electrons. The zero-order valence-corrected chi connectivity index (χ0v) is 15.6. The molecule has 0 aromatic heterocycles. The summed E-state index contributed by atoms with van der Waals surface area (Å²) >= 11 is 0. The Balaban J connectivity index is -0.0000000294. The molecule has 16 N–H and O–H groups in total. The van der Waals surface area contributed by atoms with Crippen LogP contribution in [0.3, 0.4) is 0 Å². The first kappa shape index (κ1) is 49.7. The molecule has 0 saturated carbocycles. The molecule has 0 aliphatic rings. The van der Waals surface area contributed by atoms with Gasteiger partial charge in [0.2, 0.25) is 0 Å². The first-order valence-electron chi connectivity index (χ1n) is 4.77. The van der Waals surface area contributed by atoms with Crippen LogP contribution in [-0.2, 0) is 25.8 Å². The van der Waals surface area contributed by atoms with Gasteiger partial charge in [-0.1, -0.05) is 0 Å². The Morgan fingerprint density at radius 1 is 0.414 bits per heavy atom. The van der Waals surface area contributed by atoms with Gasteiger partial charge in [-0.25, -0.2) is 19.2 Å². The normalized spacial score (nSPS) is 5.79. The molecule has 0 heterocycles. The number of carbonyl (C=O) groups is 4. The van der Waals surface area contributed by atoms with E-state index in [2.05, 4.69) is 45.9 Å². The van der Waals surface area contributed by atoms with E-state index in [1.54, 1.807) is 0 Å². The van der Waals surface area contributed by atoms with Crippen molar-refractivity contribution in [2.45, 2.75) is 0 Å². The summed E-state index contributed by atoms with van der Waals surface area (Å²) in [7, 11) is 0. The van der Waals surface area contributed by atoms with Gasteiger partial charge in [-0.05, 0) is 0 Å². The fourth-order valence-electron chi connectivity index (χ4n) is 0. The number of nitrogens with two attached hydrogens (primary N) is 8. The predicted molar refractivity (Wildman–Crippen MR) is 86.2 cm³/mol. The largest absolute Gasteiger partial charge is 3.00 e. The number of urea groups is 4. The summed E-state index contributed by atoms with van der Waals surface area (Å²) in [5.41, 5.74) is 34.0. The quantitative estimate of drug-likeness (QED) is 0.122.